The molecule has 0 atom stereocenters. The molecule has 2 N–H and O–H groups in total. The zero-order valence-electron chi connectivity index (χ0n) is 8.11. The maximum atomic E-state index is 11.3. The van der Waals surface area contributed by atoms with Gasteiger partial charge in [-0.15, -0.1) is 11.6 Å². The molecule has 0 aliphatic carbocycles. The van der Waals surface area contributed by atoms with Crippen molar-refractivity contribution >= 4 is 23.4 Å². The van der Waals surface area contributed by atoms with Gasteiger partial charge in [-0.1, -0.05) is 0 Å². The van der Waals surface area contributed by atoms with Crippen LogP contribution in [-0.4, -0.2) is 31.3 Å². The first-order chi connectivity index (χ1) is 5.94. The van der Waals surface area contributed by atoms with Gasteiger partial charge in [-0.25, -0.2) is 0 Å². The van der Waals surface area contributed by atoms with E-state index in [4.69, 9.17) is 11.6 Å². The van der Waals surface area contributed by atoms with Gasteiger partial charge < -0.3 is 10.6 Å². The van der Waals surface area contributed by atoms with Crippen molar-refractivity contribution in [2.24, 2.45) is 5.41 Å². The summed E-state index contributed by atoms with van der Waals surface area (Å²) in [4.78, 5) is 22.1. The number of rotatable bonds is 4. The molecular weight excluding hydrogens is 192 g/mol. The van der Waals surface area contributed by atoms with Crippen LogP contribution in [0.5, 0.6) is 0 Å². The van der Waals surface area contributed by atoms with Crippen molar-refractivity contribution in [3.05, 3.63) is 0 Å². The summed E-state index contributed by atoms with van der Waals surface area (Å²) in [5, 5.41) is 4.89. The summed E-state index contributed by atoms with van der Waals surface area (Å²) >= 11 is 5.58. The minimum atomic E-state index is -0.629. The molecule has 0 saturated heterocycles. The fraction of sp³-hybridized carbons (Fsp3) is 0.750. The van der Waals surface area contributed by atoms with E-state index in [2.05, 4.69) is 10.6 Å². The Balaban J connectivity index is 3.95. The molecule has 0 rings (SSSR count). The summed E-state index contributed by atoms with van der Waals surface area (Å²) in [6.07, 6.45) is 0. The van der Waals surface area contributed by atoms with E-state index >= 15 is 0 Å². The first-order valence-corrected chi connectivity index (χ1v) is 4.52. The van der Waals surface area contributed by atoms with Crippen molar-refractivity contribution in [1.29, 1.82) is 0 Å². The van der Waals surface area contributed by atoms with Crippen molar-refractivity contribution < 1.29 is 9.59 Å². The number of amides is 2. The standard InChI is InChI=1S/C8H15ClN2O2/c1-8(2,5-9)7(13)11-4-6(12)10-3/h4-5H2,1-3H3,(H,10,12)(H,11,13). The van der Waals surface area contributed by atoms with Crippen molar-refractivity contribution in [2.75, 3.05) is 19.5 Å². The molecule has 0 fully saturated rings. The van der Waals surface area contributed by atoms with E-state index in [1.54, 1.807) is 13.8 Å². The first-order valence-electron chi connectivity index (χ1n) is 3.99. The molecule has 0 aromatic rings. The highest BCUT2D eigenvalue weighted by Gasteiger charge is 2.26. The number of carbonyl (C=O) groups excluding carboxylic acids is 2. The number of nitrogens with one attached hydrogen (secondary N) is 2. The smallest absolute Gasteiger partial charge is 0.239 e. The van der Waals surface area contributed by atoms with Gasteiger partial charge in [0.2, 0.25) is 11.8 Å². The highest BCUT2D eigenvalue weighted by Crippen LogP contribution is 2.16. The van der Waals surface area contributed by atoms with Gasteiger partial charge in [0.25, 0.3) is 0 Å². The van der Waals surface area contributed by atoms with Crippen LogP contribution >= 0.6 is 11.6 Å². The van der Waals surface area contributed by atoms with Gasteiger partial charge in [-0.2, -0.15) is 0 Å². The lowest BCUT2D eigenvalue weighted by atomic mass is 9.95. The molecular formula is C8H15ClN2O2. The summed E-state index contributed by atoms with van der Waals surface area (Å²) < 4.78 is 0. The van der Waals surface area contributed by atoms with Gasteiger partial charge in [-0.3, -0.25) is 9.59 Å². The topological polar surface area (TPSA) is 58.2 Å². The Labute approximate surface area is 83.0 Å². The number of halogens is 1. The first kappa shape index (κ1) is 12.2. The number of likely N-dealkylation sites (N-methyl/N-ethyl adjacent to an activating group) is 1. The zero-order chi connectivity index (χ0) is 10.5. The van der Waals surface area contributed by atoms with Crippen LogP contribution < -0.4 is 10.6 Å². The van der Waals surface area contributed by atoms with Crippen molar-refractivity contribution in [1.82, 2.24) is 10.6 Å². The molecule has 0 spiro atoms. The van der Waals surface area contributed by atoms with Crippen LogP contribution in [0, 0.1) is 5.41 Å². The quantitative estimate of drug-likeness (QED) is 0.642. The summed E-state index contributed by atoms with van der Waals surface area (Å²) in [5.74, 6) is -0.211. The van der Waals surface area contributed by atoms with E-state index in [1.807, 2.05) is 0 Å². The lowest BCUT2D eigenvalue weighted by Gasteiger charge is -2.19. The van der Waals surface area contributed by atoms with Crippen LogP contribution in [-0.2, 0) is 9.59 Å². The number of alkyl halides is 1. The highest BCUT2D eigenvalue weighted by atomic mass is 35.5. The third-order valence-electron chi connectivity index (χ3n) is 1.64. The largest absolute Gasteiger partial charge is 0.358 e. The average Bonchev–Trinajstić information content (AvgIpc) is 2.13. The Kier molecular flexibility index (Phi) is 4.77. The number of hydrogen-bond acceptors (Lipinski definition) is 2. The molecule has 0 unspecified atom stereocenters. The maximum absolute atomic E-state index is 11.3. The SMILES string of the molecule is CNC(=O)CNC(=O)C(C)(C)CCl. The third kappa shape index (κ3) is 4.12. The average molecular weight is 207 g/mol. The molecule has 4 nitrogen and oxygen atoms in total. The van der Waals surface area contributed by atoms with Gasteiger partial charge in [0, 0.05) is 12.9 Å². The van der Waals surface area contributed by atoms with E-state index in [9.17, 15) is 9.59 Å². The van der Waals surface area contributed by atoms with Crippen LogP contribution in [0.15, 0.2) is 0 Å². The molecule has 0 radical (unpaired) electrons. The summed E-state index contributed by atoms with van der Waals surface area (Å²) in [6, 6.07) is 0. The fourth-order valence-electron chi connectivity index (χ4n) is 0.549. The van der Waals surface area contributed by atoms with E-state index in [-0.39, 0.29) is 24.2 Å². The lowest BCUT2D eigenvalue weighted by Crippen LogP contribution is -2.42. The molecule has 76 valence electrons. The van der Waals surface area contributed by atoms with Crippen LogP contribution in [0.25, 0.3) is 0 Å². The van der Waals surface area contributed by atoms with Crippen molar-refractivity contribution in [2.45, 2.75) is 13.8 Å². The second-order valence-corrected chi connectivity index (χ2v) is 3.64. The molecule has 0 aliphatic rings. The molecule has 0 saturated carbocycles. The molecule has 0 bridgehead atoms. The molecule has 0 aromatic carbocycles. The zero-order valence-corrected chi connectivity index (χ0v) is 8.86. The van der Waals surface area contributed by atoms with Gasteiger partial charge in [0.1, 0.15) is 0 Å². The molecule has 0 aromatic heterocycles. The molecule has 0 aliphatic heterocycles. The predicted octanol–water partition coefficient (Wildman–Crippen LogP) is 0.114. The van der Waals surface area contributed by atoms with Gasteiger partial charge in [0.15, 0.2) is 0 Å². The Morgan fingerprint density at radius 2 is 1.92 bits per heavy atom. The second-order valence-electron chi connectivity index (χ2n) is 3.37. The monoisotopic (exact) mass is 206 g/mol. The third-order valence-corrected chi connectivity index (χ3v) is 2.31. The number of hydrogen-bond donors (Lipinski definition) is 2. The van der Waals surface area contributed by atoms with Crippen LogP contribution in [0.4, 0.5) is 0 Å². The molecule has 13 heavy (non-hydrogen) atoms. The van der Waals surface area contributed by atoms with Gasteiger partial charge in [0.05, 0.1) is 12.0 Å². The van der Waals surface area contributed by atoms with Gasteiger partial charge in [-0.05, 0) is 13.8 Å². The minimum Gasteiger partial charge on any atom is -0.358 e. The summed E-state index contributed by atoms with van der Waals surface area (Å²) in [6.45, 7) is 3.44. The Bertz CT molecular complexity index is 204. The Morgan fingerprint density at radius 3 is 2.31 bits per heavy atom. The van der Waals surface area contributed by atoms with E-state index in [1.165, 1.54) is 7.05 Å². The fourth-order valence-corrected chi connectivity index (χ4v) is 0.670. The van der Waals surface area contributed by atoms with Crippen molar-refractivity contribution in [3.63, 3.8) is 0 Å². The van der Waals surface area contributed by atoms with Crippen LogP contribution in [0.3, 0.4) is 0 Å². The number of carbonyl (C=O) groups is 2. The van der Waals surface area contributed by atoms with E-state index in [0.29, 0.717) is 0 Å². The molecule has 5 heteroatoms. The molecule has 0 heterocycles. The van der Waals surface area contributed by atoms with Crippen LogP contribution in [0.1, 0.15) is 13.8 Å². The van der Waals surface area contributed by atoms with Crippen LogP contribution in [0.2, 0.25) is 0 Å². The lowest BCUT2D eigenvalue weighted by molar-refractivity contribution is -0.130. The minimum absolute atomic E-state index is 0.00431. The summed E-state index contributed by atoms with van der Waals surface area (Å²) in [5.41, 5.74) is -0.629. The second kappa shape index (κ2) is 5.07. The maximum Gasteiger partial charge on any atom is 0.239 e. The van der Waals surface area contributed by atoms with E-state index in [0.717, 1.165) is 0 Å². The normalized spacial score (nSPS) is 10.8. The highest BCUT2D eigenvalue weighted by molar-refractivity contribution is 6.19. The summed E-state index contributed by atoms with van der Waals surface area (Å²) in [7, 11) is 1.52. The van der Waals surface area contributed by atoms with Crippen molar-refractivity contribution in [3.8, 4) is 0 Å². The van der Waals surface area contributed by atoms with Gasteiger partial charge >= 0.3 is 0 Å². The Morgan fingerprint density at radius 1 is 1.38 bits per heavy atom. The molecule has 2 amide bonds. The predicted molar refractivity (Wildman–Crippen MR) is 51.6 cm³/mol. The van der Waals surface area contributed by atoms with E-state index < -0.39 is 5.41 Å². The Hall–Kier alpha value is -0.770.